The van der Waals surface area contributed by atoms with Crippen LogP contribution in [-0.4, -0.2) is 50.0 Å². The first-order valence-corrected chi connectivity index (χ1v) is 16.8. The zero-order chi connectivity index (χ0) is 30.4. The molecule has 2 amide bonds. The summed E-state index contributed by atoms with van der Waals surface area (Å²) in [5.41, 5.74) is 1.48. The van der Waals surface area contributed by atoms with Gasteiger partial charge in [-0.15, -0.1) is 0 Å². The van der Waals surface area contributed by atoms with Crippen LogP contribution in [0.4, 0.5) is 5.69 Å². The summed E-state index contributed by atoms with van der Waals surface area (Å²) in [6, 6.07) is 17.6. The minimum Gasteiger partial charge on any atom is -0.352 e. The van der Waals surface area contributed by atoms with E-state index in [-0.39, 0.29) is 35.6 Å². The van der Waals surface area contributed by atoms with Gasteiger partial charge in [-0.3, -0.25) is 13.9 Å². The lowest BCUT2D eigenvalue weighted by atomic mass is 10.0. The zero-order valence-corrected chi connectivity index (χ0v) is 26.7. The monoisotopic (exact) mass is 669 g/mol. The first kappa shape index (κ1) is 32.4. The standard InChI is InChI=1S/C30H31Cl4N3O4S/c1-42(40,41)37(27-14-13-23(32)17-26(27)34)19-29(38)36(18-21-11-12-22(31)16-25(21)33)28(15-20-7-3-2-4-8-20)30(39)35-24-9-5-6-10-24/h2-4,7-8,11-14,16-17,24,28H,5-6,9-10,15,18-19H2,1H3,(H,35,39)/t28-/m1/s1. The molecule has 1 saturated carbocycles. The van der Waals surface area contributed by atoms with Gasteiger partial charge in [0.1, 0.15) is 12.6 Å². The summed E-state index contributed by atoms with van der Waals surface area (Å²) in [5.74, 6) is -0.931. The van der Waals surface area contributed by atoms with E-state index in [0.29, 0.717) is 20.6 Å². The highest BCUT2D eigenvalue weighted by molar-refractivity contribution is 7.92. The molecule has 1 aliphatic carbocycles. The molecule has 42 heavy (non-hydrogen) atoms. The van der Waals surface area contributed by atoms with E-state index in [1.165, 1.54) is 23.1 Å². The van der Waals surface area contributed by atoms with E-state index in [4.69, 9.17) is 46.4 Å². The van der Waals surface area contributed by atoms with Gasteiger partial charge in [-0.25, -0.2) is 8.42 Å². The number of sulfonamides is 1. The second-order valence-corrected chi connectivity index (χ2v) is 13.9. The zero-order valence-electron chi connectivity index (χ0n) is 22.9. The van der Waals surface area contributed by atoms with Crippen LogP contribution in [0.15, 0.2) is 66.7 Å². The van der Waals surface area contributed by atoms with Crippen molar-refractivity contribution in [2.24, 2.45) is 0 Å². The van der Waals surface area contributed by atoms with Crippen LogP contribution in [0.5, 0.6) is 0 Å². The predicted molar refractivity (Wildman–Crippen MR) is 170 cm³/mol. The Bertz CT molecular complexity index is 1530. The van der Waals surface area contributed by atoms with E-state index in [2.05, 4.69) is 5.32 Å². The Morgan fingerprint density at radius 3 is 2.12 bits per heavy atom. The SMILES string of the molecule is CS(=O)(=O)N(CC(=O)N(Cc1ccc(Cl)cc1Cl)[C@H](Cc1ccccc1)C(=O)NC1CCCC1)c1ccc(Cl)cc1Cl. The summed E-state index contributed by atoms with van der Waals surface area (Å²) in [5, 5.41) is 4.23. The largest absolute Gasteiger partial charge is 0.352 e. The van der Waals surface area contributed by atoms with Crippen LogP contribution in [0.1, 0.15) is 36.8 Å². The summed E-state index contributed by atoms with van der Waals surface area (Å²) in [4.78, 5) is 29.5. The van der Waals surface area contributed by atoms with Gasteiger partial charge in [0, 0.05) is 34.1 Å². The van der Waals surface area contributed by atoms with Crippen LogP contribution in [0.25, 0.3) is 0 Å². The Morgan fingerprint density at radius 2 is 1.52 bits per heavy atom. The van der Waals surface area contributed by atoms with Crippen LogP contribution in [0.2, 0.25) is 20.1 Å². The Balaban J connectivity index is 1.76. The number of amides is 2. The third-order valence-corrected chi connectivity index (χ3v) is 9.44. The number of halogens is 4. The lowest BCUT2D eigenvalue weighted by Gasteiger charge is -2.34. The van der Waals surface area contributed by atoms with Crippen molar-refractivity contribution in [3.8, 4) is 0 Å². The van der Waals surface area contributed by atoms with Gasteiger partial charge >= 0.3 is 0 Å². The van der Waals surface area contributed by atoms with Gasteiger partial charge in [0.05, 0.1) is 17.0 Å². The number of hydrogen-bond acceptors (Lipinski definition) is 4. The molecule has 0 bridgehead atoms. The third-order valence-electron chi connectivity index (χ3n) is 7.19. The van der Waals surface area contributed by atoms with E-state index >= 15 is 0 Å². The van der Waals surface area contributed by atoms with Gasteiger partial charge in [0.25, 0.3) is 0 Å². The average Bonchev–Trinajstić information content (AvgIpc) is 3.43. The molecule has 0 aliphatic heterocycles. The second-order valence-electron chi connectivity index (χ2n) is 10.3. The van der Waals surface area contributed by atoms with Crippen LogP contribution < -0.4 is 9.62 Å². The van der Waals surface area contributed by atoms with Crippen molar-refractivity contribution in [3.63, 3.8) is 0 Å². The molecular weight excluding hydrogens is 640 g/mol. The summed E-state index contributed by atoms with van der Waals surface area (Å²) < 4.78 is 26.8. The van der Waals surface area contributed by atoms with Crippen molar-refractivity contribution in [2.45, 2.75) is 50.7 Å². The number of nitrogens with one attached hydrogen (secondary N) is 1. The van der Waals surface area contributed by atoms with Gasteiger partial charge in [-0.1, -0.05) is 95.6 Å². The summed E-state index contributed by atoms with van der Waals surface area (Å²) in [6.07, 6.45) is 4.94. The predicted octanol–water partition coefficient (Wildman–Crippen LogP) is 6.77. The first-order valence-electron chi connectivity index (χ1n) is 13.4. The van der Waals surface area contributed by atoms with Crippen LogP contribution in [0, 0.1) is 0 Å². The quantitative estimate of drug-likeness (QED) is 0.244. The molecule has 1 atom stereocenters. The van der Waals surface area contributed by atoms with Crippen LogP contribution in [-0.2, 0) is 32.6 Å². The lowest BCUT2D eigenvalue weighted by molar-refractivity contribution is -0.140. The van der Waals surface area contributed by atoms with Crippen molar-refractivity contribution < 1.29 is 18.0 Å². The number of hydrogen-bond donors (Lipinski definition) is 1. The molecule has 0 saturated heterocycles. The molecule has 0 aromatic heterocycles. The lowest BCUT2D eigenvalue weighted by Crippen LogP contribution is -2.54. The smallest absolute Gasteiger partial charge is 0.244 e. The van der Waals surface area contributed by atoms with Crippen LogP contribution in [0.3, 0.4) is 0 Å². The molecular formula is C30H31Cl4N3O4S. The second kappa shape index (κ2) is 14.3. The number of carbonyl (C=O) groups excluding carboxylic acids is 2. The van der Waals surface area contributed by atoms with E-state index in [1.54, 1.807) is 18.2 Å². The Labute approximate surface area is 266 Å². The normalized spacial score (nSPS) is 14.4. The fourth-order valence-corrected chi connectivity index (χ4v) is 6.92. The molecule has 1 aliphatic rings. The first-order chi connectivity index (χ1) is 19.9. The van der Waals surface area contributed by atoms with Gasteiger partial charge in [0.15, 0.2) is 0 Å². The minimum absolute atomic E-state index is 0.00670. The Kier molecular flexibility index (Phi) is 11.1. The van der Waals surface area contributed by atoms with Gasteiger partial charge in [0.2, 0.25) is 21.8 Å². The van der Waals surface area contributed by atoms with Crippen molar-refractivity contribution >= 4 is 73.9 Å². The highest BCUT2D eigenvalue weighted by Gasteiger charge is 2.35. The molecule has 7 nitrogen and oxygen atoms in total. The maximum atomic E-state index is 14.2. The summed E-state index contributed by atoms with van der Waals surface area (Å²) >= 11 is 25.0. The van der Waals surface area contributed by atoms with E-state index < -0.39 is 28.5 Å². The molecule has 3 aromatic rings. The number of benzene rings is 3. The van der Waals surface area contributed by atoms with E-state index in [9.17, 15) is 18.0 Å². The van der Waals surface area contributed by atoms with Crippen molar-refractivity contribution in [3.05, 3.63) is 97.9 Å². The van der Waals surface area contributed by atoms with Gasteiger partial charge in [-0.2, -0.15) is 0 Å². The fourth-order valence-electron chi connectivity index (χ4n) is 5.03. The van der Waals surface area contributed by atoms with Gasteiger partial charge in [-0.05, 0) is 54.3 Å². The van der Waals surface area contributed by atoms with Crippen LogP contribution >= 0.6 is 46.4 Å². The number of carbonyl (C=O) groups is 2. The number of nitrogens with zero attached hydrogens (tertiary/aromatic N) is 2. The third kappa shape index (κ3) is 8.54. The fraction of sp³-hybridized carbons (Fsp3) is 0.333. The molecule has 4 rings (SSSR count). The van der Waals surface area contributed by atoms with E-state index in [1.807, 2.05) is 30.3 Å². The summed E-state index contributed by atoms with van der Waals surface area (Å²) in [7, 11) is -3.98. The van der Waals surface area contributed by atoms with Crippen molar-refractivity contribution in [1.29, 1.82) is 0 Å². The molecule has 1 N–H and O–H groups in total. The maximum absolute atomic E-state index is 14.2. The molecule has 0 heterocycles. The number of anilines is 1. The van der Waals surface area contributed by atoms with E-state index in [0.717, 1.165) is 41.8 Å². The minimum atomic E-state index is -3.98. The number of rotatable bonds is 11. The highest BCUT2D eigenvalue weighted by atomic mass is 35.5. The molecule has 12 heteroatoms. The Hall–Kier alpha value is -2.49. The average molecular weight is 671 g/mol. The molecule has 0 unspecified atom stereocenters. The maximum Gasteiger partial charge on any atom is 0.244 e. The molecule has 224 valence electrons. The molecule has 0 spiro atoms. The van der Waals surface area contributed by atoms with Gasteiger partial charge < -0.3 is 10.2 Å². The Morgan fingerprint density at radius 1 is 0.905 bits per heavy atom. The topological polar surface area (TPSA) is 86.8 Å². The highest BCUT2D eigenvalue weighted by Crippen LogP contribution is 2.31. The van der Waals surface area contributed by atoms with Crippen molar-refractivity contribution in [1.82, 2.24) is 10.2 Å². The van der Waals surface area contributed by atoms with Crippen molar-refractivity contribution in [2.75, 3.05) is 17.1 Å². The molecule has 3 aromatic carbocycles. The molecule has 1 fully saturated rings. The summed E-state index contributed by atoms with van der Waals surface area (Å²) in [6.45, 7) is -0.663. The molecule has 0 radical (unpaired) electrons.